The van der Waals surface area contributed by atoms with Crippen molar-refractivity contribution in [2.45, 2.75) is 16.7 Å². The molecule has 0 nitrogen and oxygen atoms in total. The summed E-state index contributed by atoms with van der Waals surface area (Å²) < 4.78 is 6.63. The van der Waals surface area contributed by atoms with Gasteiger partial charge in [0.05, 0.1) is 0 Å². The van der Waals surface area contributed by atoms with Crippen molar-refractivity contribution in [3.63, 3.8) is 0 Å². The van der Waals surface area contributed by atoms with E-state index >= 15 is 0 Å². The maximum absolute atomic E-state index is 3.14. The van der Waals surface area contributed by atoms with E-state index in [9.17, 15) is 0 Å². The van der Waals surface area contributed by atoms with Gasteiger partial charge in [-0.2, -0.15) is 0 Å². The number of rotatable bonds is 2. The molecular formula is C20H24F2HfSi. The van der Waals surface area contributed by atoms with Crippen molar-refractivity contribution < 1.29 is 26.5 Å². The quantitative estimate of drug-likeness (QED) is 0.492. The first kappa shape index (κ1) is 19.2. The molecule has 0 spiro atoms. The molecule has 2 aliphatic rings. The van der Waals surface area contributed by atoms with E-state index in [1.165, 1.54) is 11.1 Å². The van der Waals surface area contributed by atoms with Crippen molar-refractivity contribution in [2.75, 3.05) is 0 Å². The molecule has 4 rings (SSSR count). The van der Waals surface area contributed by atoms with Crippen LogP contribution >= 0.6 is 0 Å². The first-order valence-corrected chi connectivity index (χ1v) is 27.7. The molecule has 4 heteroatoms. The molecule has 0 bridgehead atoms. The number of halogens is 2. The van der Waals surface area contributed by atoms with Gasteiger partial charge in [0.2, 0.25) is 0 Å². The van der Waals surface area contributed by atoms with Crippen LogP contribution in [-0.2, 0) is 17.1 Å². The normalized spacial score (nSPS) is 20.8. The van der Waals surface area contributed by atoms with Crippen LogP contribution in [0.5, 0.6) is 0 Å². The molecule has 2 atom stereocenters. The Morgan fingerprint density at radius 1 is 0.708 bits per heavy atom. The van der Waals surface area contributed by atoms with Gasteiger partial charge in [0.1, 0.15) is 0 Å². The first-order valence-electron chi connectivity index (χ1n) is 8.07. The Kier molecular flexibility index (Phi) is 5.04. The third-order valence-corrected chi connectivity index (χ3v) is 31.1. The average Bonchev–Trinajstić information content (AvgIpc) is 3.12. The van der Waals surface area contributed by atoms with E-state index < -0.39 is 17.1 Å². The molecule has 0 amide bonds. The Morgan fingerprint density at radius 2 is 1.08 bits per heavy atom. The summed E-state index contributed by atoms with van der Waals surface area (Å²) in [5, 5.41) is 0. The summed E-state index contributed by atoms with van der Waals surface area (Å²) in [4.78, 5) is 0. The summed E-state index contributed by atoms with van der Waals surface area (Å²) in [7, 11) is 0. The Morgan fingerprint density at radius 3 is 1.50 bits per heavy atom. The van der Waals surface area contributed by atoms with Gasteiger partial charge >= 0.3 is 136 Å². The first-order chi connectivity index (χ1) is 10.5. The fraction of sp³-hybridized carbons (Fsp3) is 0.200. The van der Waals surface area contributed by atoms with E-state index in [0.717, 1.165) is 0 Å². The van der Waals surface area contributed by atoms with E-state index in [2.05, 4.69) is 89.1 Å². The van der Waals surface area contributed by atoms with Crippen molar-refractivity contribution >= 4 is 19.1 Å². The molecule has 24 heavy (non-hydrogen) atoms. The maximum atomic E-state index is 2.66. The topological polar surface area (TPSA) is 0 Å². The summed E-state index contributed by atoms with van der Waals surface area (Å²) >= 11 is -3.14. The third kappa shape index (κ3) is 2.74. The minimum atomic E-state index is -3.14. The van der Waals surface area contributed by atoms with Crippen LogP contribution in [0.25, 0.3) is 12.2 Å². The van der Waals surface area contributed by atoms with Gasteiger partial charge in [-0.3, -0.25) is 9.41 Å². The Hall–Kier alpha value is -1.13. The van der Waals surface area contributed by atoms with Crippen molar-refractivity contribution in [3.05, 3.63) is 82.9 Å². The van der Waals surface area contributed by atoms with Crippen molar-refractivity contribution in [2.24, 2.45) is 0 Å². The molecule has 0 fully saturated rings. The standard InChI is InChI=1S/2C9H7.2CH3.2FH.Hf.H2Si/c2*1-2-5-9-7-3-6-8(9)4-1;;;;;;/h2*1-7H;2*1H3;2*1H;;1H2. The Bertz CT molecular complexity index is 825. The van der Waals surface area contributed by atoms with Gasteiger partial charge in [0.15, 0.2) is 0 Å². The van der Waals surface area contributed by atoms with Gasteiger partial charge in [-0.15, -0.1) is 0 Å². The van der Waals surface area contributed by atoms with Crippen LogP contribution in [0.4, 0.5) is 9.41 Å². The number of fused-ring (bicyclic) bond motifs is 2. The average molecular weight is 509 g/mol. The molecule has 0 radical (unpaired) electrons. The van der Waals surface area contributed by atoms with Gasteiger partial charge in [-0.25, -0.2) is 0 Å². The fourth-order valence-electron chi connectivity index (χ4n) is 4.35. The van der Waals surface area contributed by atoms with Crippen LogP contribution in [0.3, 0.4) is 0 Å². The van der Waals surface area contributed by atoms with Crippen LogP contribution in [0.1, 0.15) is 29.6 Å². The molecule has 0 aromatic heterocycles. The van der Waals surface area contributed by atoms with E-state index in [-0.39, 0.29) is 9.41 Å². The molecule has 0 heterocycles. The second-order valence-corrected chi connectivity index (χ2v) is 51.7. The van der Waals surface area contributed by atoms with E-state index in [1.807, 2.05) is 0 Å². The van der Waals surface area contributed by atoms with Crippen molar-refractivity contribution in [3.8, 4) is 0 Å². The van der Waals surface area contributed by atoms with Crippen molar-refractivity contribution in [1.82, 2.24) is 0 Å². The summed E-state index contributed by atoms with van der Waals surface area (Å²) in [5.74, 6) is 0. The Balaban J connectivity index is 0.00000104. The monoisotopic (exact) mass is 510 g/mol. The van der Waals surface area contributed by atoms with E-state index in [4.69, 9.17) is 0 Å². The number of hydrogen-bond acceptors (Lipinski definition) is 0. The van der Waals surface area contributed by atoms with Crippen LogP contribution < -0.4 is 0 Å². The zero-order chi connectivity index (χ0) is 15.4. The van der Waals surface area contributed by atoms with Crippen LogP contribution in [0.15, 0.2) is 60.7 Å². The molecule has 0 N–H and O–H groups in total. The van der Waals surface area contributed by atoms with Gasteiger partial charge in [-0.1, -0.05) is 0 Å². The summed E-state index contributed by atoms with van der Waals surface area (Å²) in [5.41, 5.74) is 5.99. The molecule has 126 valence electrons. The van der Waals surface area contributed by atoms with Gasteiger partial charge in [0, 0.05) is 0 Å². The second-order valence-electron chi connectivity index (χ2n) is 7.87. The predicted octanol–water partition coefficient (Wildman–Crippen LogP) is 5.16. The number of allylic oxidation sites excluding steroid dienone is 2. The molecule has 2 aliphatic carbocycles. The van der Waals surface area contributed by atoms with Crippen LogP contribution in [-0.4, -0.2) is 6.94 Å². The predicted molar refractivity (Wildman–Crippen MR) is 102 cm³/mol. The third-order valence-electron chi connectivity index (χ3n) is 5.64. The zero-order valence-corrected chi connectivity index (χ0v) is 19.1. The van der Waals surface area contributed by atoms with Crippen LogP contribution in [0, 0.1) is 0 Å². The Labute approximate surface area is 144 Å². The number of hydrogen-bond donors (Lipinski definition) is 0. The minimum absolute atomic E-state index is 0. The second kappa shape index (κ2) is 6.30. The molecule has 0 saturated carbocycles. The molecule has 0 aliphatic heterocycles. The van der Waals surface area contributed by atoms with Gasteiger partial charge < -0.3 is 0 Å². The van der Waals surface area contributed by atoms with Crippen molar-refractivity contribution in [1.29, 1.82) is 0 Å². The molecule has 2 aromatic carbocycles. The van der Waals surface area contributed by atoms with E-state index in [0.29, 0.717) is 7.35 Å². The van der Waals surface area contributed by atoms with Gasteiger partial charge in [0.25, 0.3) is 0 Å². The summed E-state index contributed by atoms with van der Waals surface area (Å²) in [6.45, 7) is 2.38. The fourth-order valence-corrected chi connectivity index (χ4v) is 26.0. The molecule has 2 unspecified atom stereocenters. The summed E-state index contributed by atoms with van der Waals surface area (Å²) in [6, 6.07) is 17.9. The number of benzene rings is 2. The zero-order valence-electron chi connectivity index (χ0n) is 14.1. The van der Waals surface area contributed by atoms with Gasteiger partial charge in [-0.05, 0) is 0 Å². The molecule has 0 saturated heterocycles. The van der Waals surface area contributed by atoms with E-state index in [1.54, 1.807) is 11.1 Å². The molecule has 2 aromatic rings. The SMILES string of the molecule is F.F.[CH3][Hf]([CH3])(=[SiH2])([CH]1C=Cc2ccccc21)[CH]1C=Cc2ccccc21. The van der Waals surface area contributed by atoms with Crippen LogP contribution in [0.2, 0.25) is 9.36 Å². The summed E-state index contributed by atoms with van der Waals surface area (Å²) in [6.07, 6.45) is 9.70. The molecular weight excluding hydrogens is 485 g/mol.